The number of rotatable bonds is 5. The zero-order valence-corrected chi connectivity index (χ0v) is 14.1. The Bertz CT molecular complexity index is 682. The molecule has 0 fully saturated rings. The molecule has 0 aliphatic heterocycles. The third-order valence-electron chi connectivity index (χ3n) is 2.75. The highest BCUT2D eigenvalue weighted by atomic mass is 79.9. The minimum absolute atomic E-state index is 0.229. The molecule has 0 spiro atoms. The van der Waals surface area contributed by atoms with Gasteiger partial charge >= 0.3 is 0 Å². The van der Waals surface area contributed by atoms with E-state index in [1.54, 1.807) is 6.07 Å². The van der Waals surface area contributed by atoms with Gasteiger partial charge in [0.15, 0.2) is 0 Å². The Labute approximate surface area is 142 Å². The van der Waals surface area contributed by atoms with Crippen molar-refractivity contribution in [3.63, 3.8) is 0 Å². The lowest BCUT2D eigenvalue weighted by Gasteiger charge is -2.13. The summed E-state index contributed by atoms with van der Waals surface area (Å²) in [6, 6.07) is 11.2. The lowest BCUT2D eigenvalue weighted by Crippen LogP contribution is -2.04. The third-order valence-corrected chi connectivity index (χ3v) is 4.07. The fraction of sp³-hybridized carbons (Fsp3) is 0.125. The molecule has 5 heteroatoms. The minimum Gasteiger partial charge on any atom is -0.481 e. The van der Waals surface area contributed by atoms with Crippen molar-refractivity contribution in [2.75, 3.05) is 11.9 Å². The zero-order valence-electron chi connectivity index (χ0n) is 11.0. The summed E-state index contributed by atoms with van der Waals surface area (Å²) < 4.78 is 6.49. The molecule has 0 saturated heterocycles. The summed E-state index contributed by atoms with van der Waals surface area (Å²) in [6.07, 6.45) is 5.23. The van der Waals surface area contributed by atoms with Crippen molar-refractivity contribution in [2.24, 2.45) is 0 Å². The molecule has 2 aromatic rings. The van der Waals surface area contributed by atoms with Gasteiger partial charge in [-0.25, -0.2) is 0 Å². The van der Waals surface area contributed by atoms with Crippen molar-refractivity contribution in [3.8, 4) is 18.1 Å². The summed E-state index contributed by atoms with van der Waals surface area (Å²) in [7, 11) is 0. The number of terminal acetylenes is 1. The lowest BCUT2D eigenvalue weighted by molar-refractivity contribution is 0.366. The standard InChI is InChI=1S/C16H12BrCl2NO/c1-2-8-21-15-7-6-12(17)9-11(15)10-20-14-5-3-4-13(18)16(14)19/h1,3-7,9,20H,8,10H2. The molecule has 0 aromatic heterocycles. The topological polar surface area (TPSA) is 21.3 Å². The average molecular weight is 385 g/mol. The highest BCUT2D eigenvalue weighted by Crippen LogP contribution is 2.31. The maximum absolute atomic E-state index is 6.15. The average Bonchev–Trinajstić information content (AvgIpc) is 2.48. The SMILES string of the molecule is C#CCOc1ccc(Br)cc1CNc1cccc(Cl)c1Cl. The van der Waals surface area contributed by atoms with Crippen LogP contribution in [0.2, 0.25) is 10.0 Å². The molecule has 0 bridgehead atoms. The summed E-state index contributed by atoms with van der Waals surface area (Å²) >= 11 is 15.6. The van der Waals surface area contributed by atoms with Gasteiger partial charge in [-0.3, -0.25) is 0 Å². The van der Waals surface area contributed by atoms with Gasteiger partial charge in [0, 0.05) is 16.6 Å². The Morgan fingerprint density at radius 2 is 2.05 bits per heavy atom. The van der Waals surface area contributed by atoms with Gasteiger partial charge in [-0.2, -0.15) is 0 Å². The molecule has 0 unspecified atom stereocenters. The minimum atomic E-state index is 0.229. The van der Waals surface area contributed by atoms with Gasteiger partial charge in [-0.1, -0.05) is 51.1 Å². The molecule has 21 heavy (non-hydrogen) atoms. The fourth-order valence-corrected chi connectivity index (χ4v) is 2.55. The van der Waals surface area contributed by atoms with Crippen LogP contribution >= 0.6 is 39.1 Å². The first-order valence-electron chi connectivity index (χ1n) is 6.14. The van der Waals surface area contributed by atoms with Gasteiger partial charge in [0.2, 0.25) is 0 Å². The third kappa shape index (κ3) is 4.31. The fourth-order valence-electron chi connectivity index (χ4n) is 1.78. The molecule has 2 nitrogen and oxygen atoms in total. The van der Waals surface area contributed by atoms with Crippen LogP contribution in [-0.2, 0) is 6.54 Å². The smallest absolute Gasteiger partial charge is 0.148 e. The summed E-state index contributed by atoms with van der Waals surface area (Å²) in [5.74, 6) is 3.19. The normalized spacial score (nSPS) is 10.0. The van der Waals surface area contributed by atoms with Gasteiger partial charge in [0.05, 0.1) is 15.7 Å². The number of halogens is 3. The Balaban J connectivity index is 2.17. The van der Waals surface area contributed by atoms with Gasteiger partial charge in [0.25, 0.3) is 0 Å². The molecule has 0 heterocycles. The molecule has 0 atom stereocenters. The summed E-state index contributed by atoms with van der Waals surface area (Å²) in [6.45, 7) is 0.770. The summed E-state index contributed by atoms with van der Waals surface area (Å²) in [5, 5.41) is 4.26. The lowest BCUT2D eigenvalue weighted by atomic mass is 10.2. The van der Waals surface area contributed by atoms with E-state index >= 15 is 0 Å². The number of anilines is 1. The van der Waals surface area contributed by atoms with Gasteiger partial charge in [0.1, 0.15) is 12.4 Å². The second-order valence-corrected chi connectivity index (χ2v) is 5.90. The first kappa shape index (κ1) is 16.0. The second-order valence-electron chi connectivity index (χ2n) is 4.20. The molecule has 0 saturated carbocycles. The van der Waals surface area contributed by atoms with E-state index in [1.807, 2.05) is 30.3 Å². The molecule has 2 aromatic carbocycles. The number of nitrogens with one attached hydrogen (secondary N) is 1. The van der Waals surface area contributed by atoms with Crippen LogP contribution in [0, 0.1) is 12.3 Å². The summed E-state index contributed by atoms with van der Waals surface area (Å²) in [4.78, 5) is 0. The van der Waals surface area contributed by atoms with Crippen LogP contribution in [0.4, 0.5) is 5.69 Å². The highest BCUT2D eigenvalue weighted by Gasteiger charge is 2.07. The Hall–Kier alpha value is -1.34. The van der Waals surface area contributed by atoms with Crippen LogP contribution in [0.25, 0.3) is 0 Å². The van der Waals surface area contributed by atoms with Crippen molar-refractivity contribution < 1.29 is 4.74 Å². The van der Waals surface area contributed by atoms with Crippen LogP contribution in [-0.4, -0.2) is 6.61 Å². The van der Waals surface area contributed by atoms with Crippen molar-refractivity contribution in [1.82, 2.24) is 0 Å². The molecule has 0 amide bonds. The van der Waals surface area contributed by atoms with E-state index < -0.39 is 0 Å². The van der Waals surface area contributed by atoms with E-state index in [-0.39, 0.29) is 6.61 Å². The Kier molecular flexibility index (Phi) is 5.81. The van der Waals surface area contributed by atoms with Crippen molar-refractivity contribution in [3.05, 3.63) is 56.5 Å². The van der Waals surface area contributed by atoms with Crippen LogP contribution < -0.4 is 10.1 Å². The number of benzene rings is 2. The molecule has 0 aliphatic carbocycles. The predicted octanol–water partition coefficient (Wildman–Crippen LogP) is 5.38. The van der Waals surface area contributed by atoms with Crippen molar-refractivity contribution in [2.45, 2.75) is 6.54 Å². The zero-order chi connectivity index (χ0) is 15.2. The molecular weight excluding hydrogens is 373 g/mol. The van der Waals surface area contributed by atoms with Gasteiger partial charge in [-0.15, -0.1) is 6.42 Å². The number of hydrogen-bond donors (Lipinski definition) is 1. The Morgan fingerprint density at radius 1 is 1.24 bits per heavy atom. The molecule has 0 radical (unpaired) electrons. The molecule has 108 valence electrons. The highest BCUT2D eigenvalue weighted by molar-refractivity contribution is 9.10. The van der Waals surface area contributed by atoms with Crippen LogP contribution in [0.5, 0.6) is 5.75 Å². The van der Waals surface area contributed by atoms with E-state index in [2.05, 4.69) is 27.2 Å². The van der Waals surface area contributed by atoms with Gasteiger partial charge in [-0.05, 0) is 30.3 Å². The van der Waals surface area contributed by atoms with Crippen molar-refractivity contribution >= 4 is 44.8 Å². The van der Waals surface area contributed by atoms with Gasteiger partial charge < -0.3 is 10.1 Å². The molecule has 0 aliphatic rings. The maximum Gasteiger partial charge on any atom is 0.148 e. The van der Waals surface area contributed by atoms with E-state index in [9.17, 15) is 0 Å². The quantitative estimate of drug-likeness (QED) is 0.698. The second kappa shape index (κ2) is 7.61. The molecule has 1 N–H and O–H groups in total. The summed E-state index contributed by atoms with van der Waals surface area (Å²) in [5.41, 5.74) is 1.74. The van der Waals surface area contributed by atoms with Crippen LogP contribution in [0.15, 0.2) is 40.9 Å². The largest absolute Gasteiger partial charge is 0.481 e. The molecular formula is C16H12BrCl2NO. The number of ether oxygens (including phenoxy) is 1. The van der Waals surface area contributed by atoms with Crippen molar-refractivity contribution in [1.29, 1.82) is 0 Å². The monoisotopic (exact) mass is 383 g/mol. The van der Waals surface area contributed by atoms with E-state index in [0.717, 1.165) is 21.5 Å². The van der Waals surface area contributed by atoms with Crippen LogP contribution in [0.1, 0.15) is 5.56 Å². The Morgan fingerprint density at radius 3 is 2.81 bits per heavy atom. The first-order chi connectivity index (χ1) is 10.1. The molecule has 2 rings (SSSR count). The van der Waals surface area contributed by atoms with E-state index in [0.29, 0.717) is 16.6 Å². The van der Waals surface area contributed by atoms with E-state index in [4.69, 9.17) is 34.4 Å². The van der Waals surface area contributed by atoms with E-state index in [1.165, 1.54) is 0 Å². The predicted molar refractivity (Wildman–Crippen MR) is 92.3 cm³/mol. The first-order valence-corrected chi connectivity index (χ1v) is 7.69. The maximum atomic E-state index is 6.15. The van der Waals surface area contributed by atoms with Crippen LogP contribution in [0.3, 0.4) is 0 Å². The number of hydrogen-bond acceptors (Lipinski definition) is 2.